The number of hydrogen-bond donors (Lipinski definition) is 1. The molecule has 0 unspecified atom stereocenters. The molecule has 9 heavy (non-hydrogen) atoms. The van der Waals surface area contributed by atoms with Gasteiger partial charge in [-0.25, -0.2) is 0 Å². The van der Waals surface area contributed by atoms with Gasteiger partial charge in [-0.1, -0.05) is 12.5 Å². The Bertz CT molecular complexity index is 91.1. The second-order valence-corrected chi connectivity index (χ2v) is 1.95. The van der Waals surface area contributed by atoms with Gasteiger partial charge >= 0.3 is 5.97 Å². The van der Waals surface area contributed by atoms with E-state index in [0.717, 1.165) is 0 Å². The quantitative estimate of drug-likeness (QED) is 0.551. The summed E-state index contributed by atoms with van der Waals surface area (Å²) < 4.78 is 0. The second-order valence-electron chi connectivity index (χ2n) is 1.95. The summed E-state index contributed by atoms with van der Waals surface area (Å²) in [6.45, 7) is 9.10. The van der Waals surface area contributed by atoms with Gasteiger partial charge in [0.1, 0.15) is 0 Å². The van der Waals surface area contributed by atoms with Crippen LogP contribution in [0.2, 0.25) is 0 Å². The van der Waals surface area contributed by atoms with Crippen LogP contribution in [-0.4, -0.2) is 11.1 Å². The van der Waals surface area contributed by atoms with Gasteiger partial charge in [-0.15, -0.1) is 6.58 Å². The molecule has 0 aromatic heterocycles. The van der Waals surface area contributed by atoms with Crippen molar-refractivity contribution in [2.75, 3.05) is 0 Å². The molecule has 0 aliphatic rings. The Morgan fingerprint density at radius 1 is 1.56 bits per heavy atom. The maximum atomic E-state index is 9.37. The summed E-state index contributed by atoms with van der Waals surface area (Å²) in [5.41, 5.74) is 1.17. The van der Waals surface area contributed by atoms with Gasteiger partial charge in [-0.05, 0) is 13.8 Å². The highest BCUT2D eigenvalue weighted by atomic mass is 16.4. The molecule has 0 aliphatic carbocycles. The molecule has 54 valence electrons. The number of allylic oxidation sites excluding steroid dienone is 1. The molecule has 0 bridgehead atoms. The van der Waals surface area contributed by atoms with Gasteiger partial charge in [0, 0.05) is 6.42 Å². The molecule has 0 aliphatic heterocycles. The number of hydrogen-bond acceptors (Lipinski definition) is 1. The molecule has 0 rings (SSSR count). The van der Waals surface area contributed by atoms with Gasteiger partial charge in [0.2, 0.25) is 0 Å². The third kappa shape index (κ3) is 134. The maximum Gasteiger partial charge on any atom is 0.303 e. The summed E-state index contributed by atoms with van der Waals surface area (Å²) in [7, 11) is 0. The molecule has 0 amide bonds. The van der Waals surface area contributed by atoms with Gasteiger partial charge in [-0.2, -0.15) is 0 Å². The molecular weight excluding hydrogens is 116 g/mol. The highest BCUT2D eigenvalue weighted by Crippen LogP contribution is 1.73. The van der Waals surface area contributed by atoms with Crippen molar-refractivity contribution in [3.8, 4) is 0 Å². The SMILES string of the molecule is C=C(C)C.CCC(=O)O. The minimum Gasteiger partial charge on any atom is -0.481 e. The molecule has 2 nitrogen and oxygen atoms in total. The summed E-state index contributed by atoms with van der Waals surface area (Å²) in [6, 6.07) is 0. The van der Waals surface area contributed by atoms with Crippen LogP contribution in [0.5, 0.6) is 0 Å². The zero-order valence-electron chi connectivity index (χ0n) is 6.27. The smallest absolute Gasteiger partial charge is 0.303 e. The lowest BCUT2D eigenvalue weighted by Gasteiger charge is -1.71. The monoisotopic (exact) mass is 130 g/mol. The van der Waals surface area contributed by atoms with Crippen LogP contribution in [-0.2, 0) is 4.79 Å². The van der Waals surface area contributed by atoms with E-state index in [1.165, 1.54) is 5.57 Å². The summed E-state index contributed by atoms with van der Waals surface area (Å²) in [5, 5.41) is 7.72. The second kappa shape index (κ2) is 7.21. The van der Waals surface area contributed by atoms with E-state index >= 15 is 0 Å². The number of carboxylic acid groups (broad SMARTS) is 1. The molecule has 0 heterocycles. The van der Waals surface area contributed by atoms with E-state index in [-0.39, 0.29) is 6.42 Å². The van der Waals surface area contributed by atoms with E-state index in [9.17, 15) is 4.79 Å². The van der Waals surface area contributed by atoms with Crippen molar-refractivity contribution in [3.63, 3.8) is 0 Å². The van der Waals surface area contributed by atoms with Crippen LogP contribution in [0.25, 0.3) is 0 Å². The van der Waals surface area contributed by atoms with Crippen LogP contribution >= 0.6 is 0 Å². The zero-order chi connectivity index (χ0) is 7.86. The number of aliphatic carboxylic acids is 1. The number of carbonyl (C=O) groups is 1. The van der Waals surface area contributed by atoms with Crippen LogP contribution in [0.1, 0.15) is 27.2 Å². The van der Waals surface area contributed by atoms with E-state index in [2.05, 4.69) is 6.58 Å². The Hall–Kier alpha value is -0.790. The van der Waals surface area contributed by atoms with Gasteiger partial charge in [0.05, 0.1) is 0 Å². The fourth-order valence-corrected chi connectivity index (χ4v) is 0. The van der Waals surface area contributed by atoms with Crippen LogP contribution in [0.3, 0.4) is 0 Å². The Kier molecular flexibility index (Phi) is 8.87. The third-order valence-electron chi connectivity index (χ3n) is 0.302. The maximum absolute atomic E-state index is 9.37. The van der Waals surface area contributed by atoms with Crippen LogP contribution in [0.4, 0.5) is 0 Å². The summed E-state index contributed by atoms with van der Waals surface area (Å²) in [4.78, 5) is 9.37. The van der Waals surface area contributed by atoms with Gasteiger partial charge in [-0.3, -0.25) is 4.79 Å². The van der Waals surface area contributed by atoms with Gasteiger partial charge in [0.15, 0.2) is 0 Å². The predicted molar refractivity (Wildman–Crippen MR) is 38.4 cm³/mol. The Labute approximate surface area is 56.2 Å². The molecular formula is C7H14O2. The first-order chi connectivity index (χ1) is 4.00. The first-order valence-corrected chi connectivity index (χ1v) is 2.84. The molecule has 0 fully saturated rings. The van der Waals surface area contributed by atoms with Crippen molar-refractivity contribution in [1.29, 1.82) is 0 Å². The highest BCUT2D eigenvalue weighted by molar-refractivity contribution is 5.66. The largest absolute Gasteiger partial charge is 0.481 e. The van der Waals surface area contributed by atoms with Crippen LogP contribution in [0, 0.1) is 0 Å². The fourth-order valence-electron chi connectivity index (χ4n) is 0. The Balaban J connectivity index is 0. The lowest BCUT2D eigenvalue weighted by Crippen LogP contribution is -1.86. The standard InChI is InChI=1S/C4H8.C3H6O2/c1-4(2)3;1-2-3(4)5/h1H2,2-3H3;2H2,1H3,(H,4,5). The fraction of sp³-hybridized carbons (Fsp3) is 0.571. The number of carboxylic acids is 1. The zero-order valence-corrected chi connectivity index (χ0v) is 6.27. The molecule has 0 saturated carbocycles. The molecule has 1 N–H and O–H groups in total. The van der Waals surface area contributed by atoms with Crippen molar-refractivity contribution >= 4 is 5.97 Å². The van der Waals surface area contributed by atoms with Crippen molar-refractivity contribution in [2.45, 2.75) is 27.2 Å². The first kappa shape index (κ1) is 11.1. The molecule has 2 heteroatoms. The van der Waals surface area contributed by atoms with Crippen LogP contribution in [0.15, 0.2) is 12.2 Å². The summed E-state index contributed by atoms with van der Waals surface area (Å²) in [6.07, 6.45) is 0.222. The normalized spacial score (nSPS) is 7.00. The molecule has 0 spiro atoms. The lowest BCUT2D eigenvalue weighted by atomic mass is 10.4. The minimum absolute atomic E-state index is 0.222. The molecule has 0 aromatic rings. The summed E-state index contributed by atoms with van der Waals surface area (Å²) >= 11 is 0. The predicted octanol–water partition coefficient (Wildman–Crippen LogP) is 2.06. The van der Waals surface area contributed by atoms with Crippen molar-refractivity contribution in [1.82, 2.24) is 0 Å². The third-order valence-corrected chi connectivity index (χ3v) is 0.302. The van der Waals surface area contributed by atoms with E-state index in [1.54, 1.807) is 6.92 Å². The van der Waals surface area contributed by atoms with E-state index in [1.807, 2.05) is 13.8 Å². The lowest BCUT2D eigenvalue weighted by molar-refractivity contribution is -0.136. The molecule has 0 saturated heterocycles. The Morgan fingerprint density at radius 3 is 1.67 bits per heavy atom. The van der Waals surface area contributed by atoms with Crippen molar-refractivity contribution < 1.29 is 9.90 Å². The highest BCUT2D eigenvalue weighted by Gasteiger charge is 1.80. The average molecular weight is 130 g/mol. The first-order valence-electron chi connectivity index (χ1n) is 2.84. The average Bonchev–Trinajstić information content (AvgIpc) is 1.65. The number of rotatable bonds is 1. The summed E-state index contributed by atoms with van der Waals surface area (Å²) in [5.74, 6) is -0.745. The van der Waals surface area contributed by atoms with Crippen molar-refractivity contribution in [2.24, 2.45) is 0 Å². The molecule has 0 aromatic carbocycles. The topological polar surface area (TPSA) is 37.3 Å². The van der Waals surface area contributed by atoms with Crippen LogP contribution < -0.4 is 0 Å². The molecule has 0 radical (unpaired) electrons. The van der Waals surface area contributed by atoms with E-state index in [0.29, 0.717) is 0 Å². The van der Waals surface area contributed by atoms with Gasteiger partial charge in [0.25, 0.3) is 0 Å². The minimum atomic E-state index is -0.745. The van der Waals surface area contributed by atoms with Gasteiger partial charge < -0.3 is 5.11 Å². The van der Waals surface area contributed by atoms with Crippen molar-refractivity contribution in [3.05, 3.63) is 12.2 Å². The molecule has 0 atom stereocenters. The van der Waals surface area contributed by atoms with E-state index in [4.69, 9.17) is 5.11 Å². The Morgan fingerprint density at radius 2 is 1.67 bits per heavy atom. The van der Waals surface area contributed by atoms with E-state index < -0.39 is 5.97 Å².